The minimum absolute atomic E-state index is 0.925. The Bertz CT molecular complexity index is 214. The summed E-state index contributed by atoms with van der Waals surface area (Å²) in [4.78, 5) is 0. The molecule has 1 aliphatic rings. The normalized spacial score (nSPS) is 16.7. The third-order valence-electron chi connectivity index (χ3n) is 2.22. The zero-order valence-corrected chi connectivity index (χ0v) is 7.20. The molecule has 0 unspecified atom stereocenters. The largest absolute Gasteiger partial charge is 0.472 e. The Hall–Kier alpha value is -0.760. The van der Waals surface area contributed by atoms with E-state index in [2.05, 4.69) is 5.32 Å². The summed E-state index contributed by atoms with van der Waals surface area (Å²) in [6, 6.07) is 2.01. The van der Waals surface area contributed by atoms with Crippen molar-refractivity contribution < 1.29 is 4.42 Å². The van der Waals surface area contributed by atoms with Crippen molar-refractivity contribution in [2.75, 3.05) is 13.1 Å². The minimum Gasteiger partial charge on any atom is -0.472 e. The molecule has 1 fully saturated rings. The number of hydrogen-bond acceptors (Lipinski definition) is 1. The van der Waals surface area contributed by atoms with E-state index in [1.807, 2.05) is 6.07 Å². The van der Waals surface area contributed by atoms with E-state index >= 15 is 0 Å². The van der Waals surface area contributed by atoms with Crippen molar-refractivity contribution in [2.45, 2.75) is 19.3 Å². The van der Waals surface area contributed by atoms with Crippen LogP contribution in [0.1, 0.15) is 18.4 Å². The molecule has 12 heavy (non-hydrogen) atoms. The maximum atomic E-state index is 4.96. The van der Waals surface area contributed by atoms with Gasteiger partial charge in [0.05, 0.1) is 12.5 Å². The summed E-state index contributed by atoms with van der Waals surface area (Å²) in [6.45, 7) is 2.04. The standard InChI is InChI=1S/C10H14NO/c1-2-9(1)7-11-5-3-10-4-6-12-8-10/h4,6,8-9H,1-3,5,7H2. The fourth-order valence-corrected chi connectivity index (χ4v) is 1.22. The van der Waals surface area contributed by atoms with Gasteiger partial charge in [0.2, 0.25) is 0 Å². The fraction of sp³-hybridized carbons (Fsp3) is 0.600. The molecule has 1 aliphatic carbocycles. The Labute approximate surface area is 73.0 Å². The molecular formula is C10H14NO. The van der Waals surface area contributed by atoms with Crippen LogP contribution in [0.2, 0.25) is 0 Å². The smallest absolute Gasteiger partial charge is 0.0934 e. The van der Waals surface area contributed by atoms with E-state index in [-0.39, 0.29) is 0 Å². The highest BCUT2D eigenvalue weighted by molar-refractivity contribution is 5.05. The van der Waals surface area contributed by atoms with Crippen molar-refractivity contribution in [3.63, 3.8) is 0 Å². The summed E-state index contributed by atoms with van der Waals surface area (Å²) < 4.78 is 4.96. The second kappa shape index (κ2) is 3.76. The van der Waals surface area contributed by atoms with E-state index < -0.39 is 0 Å². The van der Waals surface area contributed by atoms with Crippen LogP contribution in [0.4, 0.5) is 0 Å². The Morgan fingerprint density at radius 3 is 3.08 bits per heavy atom. The van der Waals surface area contributed by atoms with E-state index in [1.165, 1.54) is 18.4 Å². The fourth-order valence-electron chi connectivity index (χ4n) is 1.22. The number of rotatable bonds is 5. The van der Waals surface area contributed by atoms with Crippen molar-refractivity contribution in [1.82, 2.24) is 5.32 Å². The van der Waals surface area contributed by atoms with Gasteiger partial charge in [-0.25, -0.2) is 5.32 Å². The first-order valence-corrected chi connectivity index (χ1v) is 4.59. The van der Waals surface area contributed by atoms with Gasteiger partial charge in [-0.15, -0.1) is 0 Å². The Balaban J connectivity index is 1.56. The van der Waals surface area contributed by atoms with Crippen LogP contribution < -0.4 is 5.32 Å². The highest BCUT2D eigenvalue weighted by Crippen LogP contribution is 2.27. The molecule has 0 N–H and O–H groups in total. The highest BCUT2D eigenvalue weighted by atomic mass is 16.3. The van der Waals surface area contributed by atoms with Crippen LogP contribution in [0.15, 0.2) is 23.0 Å². The van der Waals surface area contributed by atoms with Gasteiger partial charge in [0.15, 0.2) is 0 Å². The second-order valence-corrected chi connectivity index (χ2v) is 3.45. The molecule has 0 spiro atoms. The summed E-state index contributed by atoms with van der Waals surface area (Å²) in [6.07, 6.45) is 7.34. The molecule has 2 heteroatoms. The molecule has 1 aromatic rings. The monoisotopic (exact) mass is 164 g/mol. The van der Waals surface area contributed by atoms with Gasteiger partial charge >= 0.3 is 0 Å². The van der Waals surface area contributed by atoms with Gasteiger partial charge in [-0.1, -0.05) is 0 Å². The average Bonchev–Trinajstić information content (AvgIpc) is 2.76. The third-order valence-corrected chi connectivity index (χ3v) is 2.22. The van der Waals surface area contributed by atoms with E-state index in [4.69, 9.17) is 4.42 Å². The van der Waals surface area contributed by atoms with Crippen molar-refractivity contribution in [1.29, 1.82) is 0 Å². The lowest BCUT2D eigenvalue weighted by atomic mass is 10.2. The molecule has 0 bridgehead atoms. The molecule has 0 saturated heterocycles. The van der Waals surface area contributed by atoms with Gasteiger partial charge in [-0.2, -0.15) is 0 Å². The van der Waals surface area contributed by atoms with Gasteiger partial charge in [-0.3, -0.25) is 0 Å². The molecule has 1 radical (unpaired) electrons. The maximum absolute atomic E-state index is 4.96. The lowest BCUT2D eigenvalue weighted by molar-refractivity contribution is 0.561. The summed E-state index contributed by atoms with van der Waals surface area (Å²) in [5.74, 6) is 0.925. The van der Waals surface area contributed by atoms with Crippen LogP contribution >= 0.6 is 0 Å². The first kappa shape index (κ1) is 7.87. The quantitative estimate of drug-likeness (QED) is 0.610. The molecule has 0 amide bonds. The van der Waals surface area contributed by atoms with Crippen LogP contribution in [0.25, 0.3) is 0 Å². The zero-order valence-electron chi connectivity index (χ0n) is 7.20. The average molecular weight is 164 g/mol. The molecule has 1 saturated carbocycles. The van der Waals surface area contributed by atoms with Crippen molar-refractivity contribution in [3.8, 4) is 0 Å². The zero-order chi connectivity index (χ0) is 8.23. The Morgan fingerprint density at radius 2 is 2.42 bits per heavy atom. The van der Waals surface area contributed by atoms with E-state index in [9.17, 15) is 0 Å². The Kier molecular flexibility index (Phi) is 2.47. The van der Waals surface area contributed by atoms with Gasteiger partial charge < -0.3 is 4.42 Å². The van der Waals surface area contributed by atoms with Crippen molar-refractivity contribution >= 4 is 0 Å². The van der Waals surface area contributed by atoms with Crippen LogP contribution in [0, 0.1) is 5.92 Å². The first-order chi connectivity index (χ1) is 5.95. The van der Waals surface area contributed by atoms with E-state index in [0.29, 0.717) is 0 Å². The van der Waals surface area contributed by atoms with Gasteiger partial charge in [0.25, 0.3) is 0 Å². The molecule has 0 aromatic carbocycles. The van der Waals surface area contributed by atoms with Crippen LogP contribution in [-0.4, -0.2) is 13.1 Å². The predicted octanol–water partition coefficient (Wildman–Crippen LogP) is 1.84. The SMILES string of the molecule is c1cc(CC[N]CC2CC2)co1. The topological polar surface area (TPSA) is 27.2 Å². The van der Waals surface area contributed by atoms with Crippen LogP contribution in [-0.2, 0) is 6.42 Å². The first-order valence-electron chi connectivity index (χ1n) is 4.59. The van der Waals surface area contributed by atoms with E-state index in [0.717, 1.165) is 25.4 Å². The summed E-state index contributed by atoms with van der Waals surface area (Å²) in [5.41, 5.74) is 1.26. The summed E-state index contributed by atoms with van der Waals surface area (Å²) >= 11 is 0. The lowest BCUT2D eigenvalue weighted by Crippen LogP contribution is -2.11. The van der Waals surface area contributed by atoms with Crippen molar-refractivity contribution in [2.24, 2.45) is 5.92 Å². The molecule has 1 aromatic heterocycles. The van der Waals surface area contributed by atoms with Crippen LogP contribution in [0.3, 0.4) is 0 Å². The third kappa shape index (κ3) is 2.38. The predicted molar refractivity (Wildman–Crippen MR) is 47.0 cm³/mol. The maximum Gasteiger partial charge on any atom is 0.0934 e. The van der Waals surface area contributed by atoms with Gasteiger partial charge in [0, 0.05) is 13.1 Å². The molecule has 2 rings (SSSR count). The number of hydrogen-bond donors (Lipinski definition) is 0. The van der Waals surface area contributed by atoms with Crippen molar-refractivity contribution in [3.05, 3.63) is 24.2 Å². The minimum atomic E-state index is 0.925. The lowest BCUT2D eigenvalue weighted by Gasteiger charge is -1.97. The Morgan fingerprint density at radius 1 is 1.50 bits per heavy atom. The number of furan rings is 1. The molecular weight excluding hydrogens is 150 g/mol. The molecule has 1 heterocycles. The molecule has 0 atom stereocenters. The van der Waals surface area contributed by atoms with Gasteiger partial charge in [0.1, 0.15) is 0 Å². The van der Waals surface area contributed by atoms with E-state index in [1.54, 1.807) is 12.5 Å². The molecule has 2 nitrogen and oxygen atoms in total. The molecule has 65 valence electrons. The number of nitrogens with zero attached hydrogens (tertiary/aromatic N) is 1. The highest BCUT2D eigenvalue weighted by Gasteiger charge is 2.20. The second-order valence-electron chi connectivity index (χ2n) is 3.45. The van der Waals surface area contributed by atoms with Crippen LogP contribution in [0.5, 0.6) is 0 Å². The van der Waals surface area contributed by atoms with Gasteiger partial charge in [-0.05, 0) is 36.8 Å². The summed E-state index contributed by atoms with van der Waals surface area (Å²) in [7, 11) is 0. The summed E-state index contributed by atoms with van der Waals surface area (Å²) in [5, 5.41) is 4.47. The molecule has 0 aliphatic heterocycles.